The van der Waals surface area contributed by atoms with Crippen LogP contribution in [0.25, 0.3) is 0 Å². The Hall–Kier alpha value is -2.49. The Morgan fingerprint density at radius 3 is 2.62 bits per heavy atom. The second-order valence-electron chi connectivity index (χ2n) is 5.25. The average Bonchev–Trinajstić information content (AvgIpc) is 3.26. The van der Waals surface area contributed by atoms with Gasteiger partial charge in [0.05, 0.1) is 5.69 Å². The molecule has 1 saturated carbocycles. The average molecular weight is 282 g/mol. The second-order valence-corrected chi connectivity index (χ2v) is 5.25. The summed E-state index contributed by atoms with van der Waals surface area (Å²) in [6.07, 6.45) is 0.989. The first-order valence-electron chi connectivity index (χ1n) is 7.05. The fourth-order valence-electron chi connectivity index (χ4n) is 2.43. The predicted octanol–water partition coefficient (Wildman–Crippen LogP) is 2.32. The van der Waals surface area contributed by atoms with Crippen molar-refractivity contribution in [2.75, 3.05) is 12.3 Å². The van der Waals surface area contributed by atoms with Gasteiger partial charge in [0.2, 0.25) is 0 Å². The van der Waals surface area contributed by atoms with Crippen LogP contribution in [0.3, 0.4) is 0 Å². The van der Waals surface area contributed by atoms with Gasteiger partial charge in [0, 0.05) is 12.0 Å². The highest BCUT2D eigenvalue weighted by atomic mass is 16.5. The second kappa shape index (κ2) is 5.87. The maximum Gasteiger partial charge on any atom is 0.258 e. The van der Waals surface area contributed by atoms with Crippen LogP contribution >= 0.6 is 0 Å². The van der Waals surface area contributed by atoms with Crippen LogP contribution in [0.15, 0.2) is 54.6 Å². The number of ether oxygens (including phenoxy) is 1. The number of nitrogen functional groups attached to an aromatic ring is 1. The molecule has 0 aromatic heterocycles. The smallest absolute Gasteiger partial charge is 0.258 e. The van der Waals surface area contributed by atoms with Crippen LogP contribution in [0.2, 0.25) is 0 Å². The van der Waals surface area contributed by atoms with E-state index in [0.29, 0.717) is 17.4 Å². The number of anilines is 1. The fourth-order valence-corrected chi connectivity index (χ4v) is 2.43. The van der Waals surface area contributed by atoms with Gasteiger partial charge >= 0.3 is 0 Å². The number of carbonyl (C=O) groups is 1. The zero-order chi connectivity index (χ0) is 14.7. The molecule has 0 heterocycles. The van der Waals surface area contributed by atoms with E-state index in [1.54, 1.807) is 12.1 Å². The lowest BCUT2D eigenvalue weighted by atomic mass is 10.1. The molecule has 2 aromatic carbocycles. The molecule has 2 unspecified atom stereocenters. The molecular weight excluding hydrogens is 264 g/mol. The maximum atomic E-state index is 11.9. The molecule has 0 aliphatic heterocycles. The SMILES string of the molecule is Nc1ccccc1OCC(=O)NC1CC1c1ccccc1. The van der Waals surface area contributed by atoms with E-state index < -0.39 is 0 Å². The summed E-state index contributed by atoms with van der Waals surface area (Å²) in [6.45, 7) is -0.00772. The summed E-state index contributed by atoms with van der Waals surface area (Å²) in [5.74, 6) is 0.863. The van der Waals surface area contributed by atoms with Gasteiger partial charge in [-0.25, -0.2) is 0 Å². The zero-order valence-electron chi connectivity index (χ0n) is 11.7. The van der Waals surface area contributed by atoms with Crippen molar-refractivity contribution in [2.24, 2.45) is 0 Å². The molecule has 4 nitrogen and oxygen atoms in total. The Morgan fingerprint density at radius 1 is 1.14 bits per heavy atom. The normalized spacial score (nSPS) is 19.8. The summed E-state index contributed by atoms with van der Waals surface area (Å²) in [6, 6.07) is 17.6. The molecule has 0 radical (unpaired) electrons. The van der Waals surface area contributed by atoms with Crippen LogP contribution in [-0.2, 0) is 4.79 Å². The van der Waals surface area contributed by atoms with Crippen LogP contribution in [-0.4, -0.2) is 18.6 Å². The van der Waals surface area contributed by atoms with Crippen molar-refractivity contribution in [3.63, 3.8) is 0 Å². The van der Waals surface area contributed by atoms with E-state index in [4.69, 9.17) is 10.5 Å². The molecule has 1 amide bonds. The van der Waals surface area contributed by atoms with Crippen LogP contribution in [0, 0.1) is 0 Å². The van der Waals surface area contributed by atoms with E-state index in [2.05, 4.69) is 17.4 Å². The van der Waals surface area contributed by atoms with E-state index >= 15 is 0 Å². The van der Waals surface area contributed by atoms with Crippen LogP contribution in [0.5, 0.6) is 5.75 Å². The lowest BCUT2D eigenvalue weighted by molar-refractivity contribution is -0.123. The molecule has 4 heteroatoms. The summed E-state index contributed by atoms with van der Waals surface area (Å²) in [4.78, 5) is 11.9. The van der Waals surface area contributed by atoms with Gasteiger partial charge in [0.1, 0.15) is 5.75 Å². The van der Waals surface area contributed by atoms with E-state index in [9.17, 15) is 4.79 Å². The van der Waals surface area contributed by atoms with Gasteiger partial charge in [-0.2, -0.15) is 0 Å². The largest absolute Gasteiger partial charge is 0.482 e. The summed E-state index contributed by atoms with van der Waals surface area (Å²) < 4.78 is 5.43. The first-order valence-corrected chi connectivity index (χ1v) is 7.05. The lowest BCUT2D eigenvalue weighted by Gasteiger charge is -2.09. The van der Waals surface area contributed by atoms with Crippen molar-refractivity contribution in [2.45, 2.75) is 18.4 Å². The quantitative estimate of drug-likeness (QED) is 0.827. The van der Waals surface area contributed by atoms with Crippen molar-refractivity contribution in [1.29, 1.82) is 0 Å². The maximum absolute atomic E-state index is 11.9. The van der Waals surface area contributed by atoms with Gasteiger partial charge in [-0.05, 0) is 24.1 Å². The fraction of sp³-hybridized carbons (Fsp3) is 0.235. The molecule has 108 valence electrons. The standard InChI is InChI=1S/C17H18N2O2/c18-14-8-4-5-9-16(14)21-11-17(20)19-15-10-13(15)12-6-2-1-3-7-12/h1-9,13,15H,10-11,18H2,(H,19,20). The van der Waals surface area contributed by atoms with Crippen LogP contribution < -0.4 is 15.8 Å². The first-order chi connectivity index (χ1) is 10.2. The van der Waals surface area contributed by atoms with Gasteiger partial charge in [-0.1, -0.05) is 42.5 Å². The minimum Gasteiger partial charge on any atom is -0.482 e. The monoisotopic (exact) mass is 282 g/mol. The Kier molecular flexibility index (Phi) is 3.77. The molecule has 0 spiro atoms. The van der Waals surface area contributed by atoms with Crippen LogP contribution in [0.1, 0.15) is 17.9 Å². The van der Waals surface area contributed by atoms with E-state index in [1.807, 2.05) is 30.3 Å². The summed E-state index contributed by atoms with van der Waals surface area (Å²) in [7, 11) is 0. The third kappa shape index (κ3) is 3.34. The molecule has 2 aromatic rings. The Balaban J connectivity index is 1.47. The summed E-state index contributed by atoms with van der Waals surface area (Å²) in [5, 5.41) is 2.99. The highest BCUT2D eigenvalue weighted by molar-refractivity contribution is 5.78. The molecule has 1 aliphatic carbocycles. The first kappa shape index (κ1) is 13.5. The number of para-hydroxylation sites is 2. The van der Waals surface area contributed by atoms with E-state index in [0.717, 1.165) is 6.42 Å². The Labute approximate surface area is 123 Å². The molecule has 0 bridgehead atoms. The molecule has 3 N–H and O–H groups in total. The highest BCUT2D eigenvalue weighted by Gasteiger charge is 2.39. The third-order valence-electron chi connectivity index (χ3n) is 3.64. The van der Waals surface area contributed by atoms with Gasteiger partial charge in [-0.15, -0.1) is 0 Å². The highest BCUT2D eigenvalue weighted by Crippen LogP contribution is 2.40. The number of hydrogen-bond donors (Lipinski definition) is 2. The van der Waals surface area contributed by atoms with Crippen molar-refractivity contribution in [1.82, 2.24) is 5.32 Å². The van der Waals surface area contributed by atoms with Gasteiger partial charge < -0.3 is 15.8 Å². The van der Waals surface area contributed by atoms with Gasteiger partial charge in [0.15, 0.2) is 6.61 Å². The molecular formula is C17H18N2O2. The molecule has 2 atom stereocenters. The number of rotatable bonds is 5. The van der Waals surface area contributed by atoms with Crippen molar-refractivity contribution >= 4 is 11.6 Å². The zero-order valence-corrected chi connectivity index (χ0v) is 11.7. The number of hydrogen-bond acceptors (Lipinski definition) is 3. The topological polar surface area (TPSA) is 64.3 Å². The third-order valence-corrected chi connectivity index (χ3v) is 3.64. The minimum atomic E-state index is -0.110. The predicted molar refractivity (Wildman–Crippen MR) is 82.1 cm³/mol. The van der Waals surface area contributed by atoms with Crippen LogP contribution in [0.4, 0.5) is 5.69 Å². The van der Waals surface area contributed by atoms with E-state index in [1.165, 1.54) is 5.56 Å². The summed E-state index contributed by atoms with van der Waals surface area (Å²) >= 11 is 0. The summed E-state index contributed by atoms with van der Waals surface area (Å²) in [5.41, 5.74) is 7.58. The van der Waals surface area contributed by atoms with Crippen molar-refractivity contribution < 1.29 is 9.53 Å². The number of nitrogens with two attached hydrogens (primary N) is 1. The van der Waals surface area contributed by atoms with Crippen molar-refractivity contribution in [3.8, 4) is 5.75 Å². The number of carbonyl (C=O) groups excluding carboxylic acids is 1. The Morgan fingerprint density at radius 2 is 1.86 bits per heavy atom. The molecule has 0 saturated heterocycles. The molecule has 3 rings (SSSR count). The minimum absolute atomic E-state index is 0.00772. The van der Waals surface area contributed by atoms with Gasteiger partial charge in [-0.3, -0.25) is 4.79 Å². The van der Waals surface area contributed by atoms with E-state index in [-0.39, 0.29) is 18.6 Å². The molecule has 21 heavy (non-hydrogen) atoms. The lowest BCUT2D eigenvalue weighted by Crippen LogP contribution is -2.31. The molecule has 1 fully saturated rings. The Bertz CT molecular complexity index is 628. The number of amides is 1. The van der Waals surface area contributed by atoms with Gasteiger partial charge in [0.25, 0.3) is 5.91 Å². The molecule has 1 aliphatic rings. The van der Waals surface area contributed by atoms with Crippen molar-refractivity contribution in [3.05, 3.63) is 60.2 Å². The number of nitrogens with one attached hydrogen (secondary N) is 1. The number of benzene rings is 2.